The molecule has 18 heavy (non-hydrogen) atoms. The summed E-state index contributed by atoms with van der Waals surface area (Å²) in [5.74, 6) is 0.769. The third kappa shape index (κ3) is 11.2. The molecular weight excluding hydrogens is 479 g/mol. The molecule has 1 amide bonds. The van der Waals surface area contributed by atoms with E-state index < -0.39 is 0 Å². The molecule has 0 fully saturated rings. The Kier molecular flexibility index (Phi) is 16.1. The zero-order valence-corrected chi connectivity index (χ0v) is 13.2. The first-order valence-electron chi connectivity index (χ1n) is 4.73. The van der Waals surface area contributed by atoms with Crippen molar-refractivity contribution in [3.8, 4) is 5.75 Å². The number of carbonyl (C=O) groups is 1. The summed E-state index contributed by atoms with van der Waals surface area (Å²) in [5, 5.41) is 7.00. The van der Waals surface area contributed by atoms with E-state index in [2.05, 4.69) is 0 Å². The average Bonchev–Trinajstić information content (AvgIpc) is 2.41. The van der Waals surface area contributed by atoms with Gasteiger partial charge in [-0.25, -0.2) is 0 Å². The predicted octanol–water partition coefficient (Wildman–Crippen LogP) is 0.731. The van der Waals surface area contributed by atoms with Gasteiger partial charge in [0.1, 0.15) is 12.0 Å². The van der Waals surface area contributed by atoms with Crippen molar-refractivity contribution < 1.29 is 19.4 Å². The fourth-order valence-corrected chi connectivity index (χ4v) is 0.682. The van der Waals surface area contributed by atoms with E-state index in [1.54, 1.807) is 51.9 Å². The number of benzene rings is 1. The van der Waals surface area contributed by atoms with Gasteiger partial charge in [0, 0.05) is 12.7 Å². The van der Waals surface area contributed by atoms with Crippen molar-refractivity contribution in [3.63, 3.8) is 0 Å². The molecule has 6 heteroatoms. The first-order valence-corrected chi connectivity index (χ1v) is 4.73. The number of aliphatic hydroxyl groups is 1. The molecule has 0 aromatic heterocycles. The summed E-state index contributed by atoms with van der Waals surface area (Å²) in [6.07, 6.45) is 2.42. The van der Waals surface area contributed by atoms with Crippen LogP contribution in [0.3, 0.4) is 0 Å². The Hall–Kier alpha value is -2.88. The van der Waals surface area contributed by atoms with Crippen molar-refractivity contribution in [2.45, 2.75) is 0 Å². The van der Waals surface area contributed by atoms with Crippen LogP contribution >= 0.6 is 0 Å². The van der Waals surface area contributed by atoms with Gasteiger partial charge < -0.3 is 19.5 Å². The Labute approximate surface area is 102 Å². The normalized spacial score (nSPS) is 7.17. The summed E-state index contributed by atoms with van der Waals surface area (Å²) < 4.78 is 4.90. The molecule has 5 nitrogen and oxygen atoms in total. The van der Waals surface area contributed by atoms with Crippen LogP contribution < -0.4 is 4.74 Å². The second-order valence-corrected chi connectivity index (χ2v) is 2.88. The molecule has 0 unspecified atom stereocenters. The van der Waals surface area contributed by atoms with E-state index in [9.17, 15) is 9.59 Å². The summed E-state index contributed by atoms with van der Waals surface area (Å²) in [6, 6.07) is 6.94. The molecule has 1 N–H and O–H groups in total. The monoisotopic (exact) mass is 497 g/mol. The van der Waals surface area contributed by atoms with Crippen LogP contribution in [0.5, 0.6) is 5.75 Å². The Morgan fingerprint density at radius 1 is 1.22 bits per heavy atom. The molecule has 0 radical (unpaired) electrons. The minimum Gasteiger partial charge on any atom is -0.522 e. The maximum Gasteiger partial charge on any atom is 0.150 e. The average molecular weight is 497 g/mol. The second-order valence-electron chi connectivity index (χ2n) is 2.88. The summed E-state index contributed by atoms with van der Waals surface area (Å²) in [4.78, 5) is 20.8. The van der Waals surface area contributed by atoms with Crippen LogP contribution in [-0.2, 0) is 4.79 Å². The molecule has 0 bridgehead atoms. The number of hydrogen-bond acceptors (Lipinski definition) is 4. The van der Waals surface area contributed by atoms with Crippen LogP contribution in [-0.4, -0.2) is 51.0 Å². The third-order valence-corrected chi connectivity index (χ3v) is 1.43. The minimum atomic E-state index is 0. The fraction of sp³-hybridized carbons (Fsp3) is 0.333. The van der Waals surface area contributed by atoms with Crippen LogP contribution in [0.25, 0.3) is 0 Å². The van der Waals surface area contributed by atoms with Crippen LogP contribution in [0.1, 0.15) is 10.4 Å². The molecule has 0 heterocycles. The number of rotatable bonds is 3. The Bertz CT molecular complexity index is 301. The van der Waals surface area contributed by atoms with Crippen LogP contribution in [0.2, 0.25) is 0 Å². The van der Waals surface area contributed by atoms with E-state index in [1.807, 2.05) is 0 Å². The van der Waals surface area contributed by atoms with E-state index in [0.717, 1.165) is 19.1 Å². The third-order valence-electron chi connectivity index (χ3n) is 1.43. The number of amides is 1. The van der Waals surface area contributed by atoms with E-state index in [-0.39, 0.29) is 0 Å². The van der Waals surface area contributed by atoms with Crippen LogP contribution in [0.4, 0.5) is 0 Å². The maximum atomic E-state index is 10.2. The molecule has 108 valence electrons. The summed E-state index contributed by atoms with van der Waals surface area (Å²) in [6.45, 7) is 0. The Morgan fingerprint density at radius 2 is 1.61 bits per heavy atom. The van der Waals surface area contributed by atoms with Crippen molar-refractivity contribution >= 4 is 12.7 Å². The van der Waals surface area contributed by atoms with Gasteiger partial charge in [-0.15, -0.1) is 0 Å². The number of methoxy groups -OCH3 is 1. The quantitative estimate of drug-likeness (QED) is 0.380. The van der Waals surface area contributed by atoms with Crippen molar-refractivity contribution in [3.05, 3.63) is 29.8 Å². The van der Waals surface area contributed by atoms with E-state index >= 15 is 0 Å². The Balaban J connectivity index is -0.000000243. The predicted molar refractivity (Wildman–Crippen MR) is 65.9 cm³/mol. The van der Waals surface area contributed by atoms with Crippen LogP contribution in [0, 0.1) is 0 Å². The summed E-state index contributed by atoms with van der Waals surface area (Å²) in [7, 11) is 5.86. The van der Waals surface area contributed by atoms with Crippen LogP contribution in [0.15, 0.2) is 24.3 Å². The number of ether oxygens (including phenoxy) is 1. The molecule has 0 spiro atoms. The van der Waals surface area contributed by atoms with Gasteiger partial charge in [-0.2, -0.15) is 6.41 Å². The van der Waals surface area contributed by atoms with E-state index in [0.29, 0.717) is 5.56 Å². The molecule has 1 aromatic carbocycles. The molecule has 1 aromatic rings. The zero-order chi connectivity index (χ0) is 13.7. The standard InChI is InChI=1S/C8H8O2.C3H6NO.CH4O.Fm/c1-10-8-4-2-7(6-9)3-5-8;1-4(2)3-5;1-2;/h2-6H,1H3;1-2H3;2H,1H3;/q;-1;;. The van der Waals surface area contributed by atoms with Gasteiger partial charge in [-0.05, 0) is 38.4 Å². The van der Waals surface area contributed by atoms with Gasteiger partial charge in [-0.3, -0.25) is 4.79 Å². The number of hydrogen-bond donors (Lipinski definition) is 1. The van der Waals surface area contributed by atoms with Gasteiger partial charge >= 0.3 is 0 Å². The van der Waals surface area contributed by atoms with Gasteiger partial charge in [-0.1, -0.05) is 0 Å². The van der Waals surface area contributed by atoms with E-state index in [4.69, 9.17) is 9.84 Å². The molecule has 0 saturated carbocycles. The topological polar surface area (TPSA) is 66.8 Å². The van der Waals surface area contributed by atoms with Crippen molar-refractivity contribution in [2.24, 2.45) is 0 Å². The SMILES string of the molecule is CN(C)[C-]=O.CO.COc1ccc(C=O)cc1.[Fm]. The molecule has 0 aliphatic rings. The molecular formula is C12H18FmNO4-. The smallest absolute Gasteiger partial charge is 0.150 e. The van der Waals surface area contributed by atoms with Gasteiger partial charge in [0.2, 0.25) is 0 Å². The van der Waals surface area contributed by atoms with Crippen molar-refractivity contribution in [2.75, 3.05) is 28.3 Å². The van der Waals surface area contributed by atoms with Gasteiger partial charge in [0.25, 0.3) is 0 Å². The first kappa shape index (κ1) is 20.5. The number of nitrogens with zero attached hydrogens (tertiary/aromatic N) is 1. The largest absolute Gasteiger partial charge is 0.522 e. The molecule has 0 atom stereocenters. The second kappa shape index (κ2) is 14.1. The Morgan fingerprint density at radius 3 is 1.83 bits per heavy atom. The summed E-state index contributed by atoms with van der Waals surface area (Å²) >= 11 is 0. The summed E-state index contributed by atoms with van der Waals surface area (Å²) in [5.41, 5.74) is 0.667. The molecule has 0 aliphatic carbocycles. The van der Waals surface area contributed by atoms with Crippen molar-refractivity contribution in [1.82, 2.24) is 4.90 Å². The van der Waals surface area contributed by atoms with Gasteiger partial charge in [0.15, 0.2) is 0 Å². The molecule has 0 saturated heterocycles. The van der Waals surface area contributed by atoms with Crippen molar-refractivity contribution in [1.29, 1.82) is 0 Å². The van der Waals surface area contributed by atoms with E-state index in [1.165, 1.54) is 4.90 Å². The fourth-order valence-electron chi connectivity index (χ4n) is 0.682. The minimum absolute atomic E-state index is 0. The molecule has 0 aliphatic heterocycles. The maximum absolute atomic E-state index is 10.2. The number of carbonyl (C=O) groups excluding carboxylic acids is 2. The zero-order valence-electron chi connectivity index (χ0n) is 10.8. The van der Waals surface area contributed by atoms with Gasteiger partial charge in [0.05, 0.1) is 7.11 Å². The first-order chi connectivity index (χ1) is 8.13. The molecule has 1 rings (SSSR count). The number of aliphatic hydroxyl groups excluding tert-OH is 1. The number of aldehydes is 1.